The van der Waals surface area contributed by atoms with Crippen molar-refractivity contribution in [2.45, 2.75) is 20.1 Å². The van der Waals surface area contributed by atoms with Gasteiger partial charge < -0.3 is 14.8 Å². The van der Waals surface area contributed by atoms with Crippen molar-refractivity contribution >= 4 is 23.2 Å². The third-order valence-electron chi connectivity index (χ3n) is 3.12. The van der Waals surface area contributed by atoms with Crippen molar-refractivity contribution in [3.8, 4) is 11.5 Å². The van der Waals surface area contributed by atoms with E-state index < -0.39 is 0 Å². The second-order valence-electron chi connectivity index (χ2n) is 4.73. The smallest absolute Gasteiger partial charge is 0.161 e. The summed E-state index contributed by atoms with van der Waals surface area (Å²) >= 11 is 12.3. The van der Waals surface area contributed by atoms with Crippen LogP contribution in [0.4, 0.5) is 0 Å². The number of hydrogen-bond donors (Lipinski definition) is 1. The normalized spacial score (nSPS) is 10.5. The zero-order chi connectivity index (χ0) is 15.9. The largest absolute Gasteiger partial charge is 0.490 e. The van der Waals surface area contributed by atoms with E-state index in [2.05, 4.69) is 5.32 Å². The monoisotopic (exact) mass is 339 g/mol. The van der Waals surface area contributed by atoms with Gasteiger partial charge in [0.1, 0.15) is 6.61 Å². The minimum absolute atomic E-state index is 0.296. The number of rotatable bonds is 7. The fourth-order valence-corrected chi connectivity index (χ4v) is 2.58. The molecule has 0 unspecified atom stereocenters. The molecule has 2 aromatic carbocycles. The van der Waals surface area contributed by atoms with Crippen LogP contribution in [0.3, 0.4) is 0 Å². The maximum atomic E-state index is 6.16. The van der Waals surface area contributed by atoms with Crippen LogP contribution in [0.25, 0.3) is 0 Å². The van der Waals surface area contributed by atoms with Gasteiger partial charge in [0.25, 0.3) is 0 Å². The maximum Gasteiger partial charge on any atom is 0.161 e. The van der Waals surface area contributed by atoms with Crippen LogP contribution in [-0.2, 0) is 13.2 Å². The van der Waals surface area contributed by atoms with E-state index in [-0.39, 0.29) is 0 Å². The zero-order valence-corrected chi connectivity index (χ0v) is 14.2. The molecule has 0 bridgehead atoms. The van der Waals surface area contributed by atoms with Crippen molar-refractivity contribution in [1.29, 1.82) is 0 Å². The topological polar surface area (TPSA) is 30.5 Å². The Bertz CT molecular complexity index is 612. The third kappa shape index (κ3) is 4.29. The molecule has 0 fully saturated rings. The summed E-state index contributed by atoms with van der Waals surface area (Å²) in [7, 11) is 1.91. The molecule has 2 aromatic rings. The van der Waals surface area contributed by atoms with Crippen molar-refractivity contribution in [3.05, 3.63) is 57.6 Å². The lowest BCUT2D eigenvalue weighted by Crippen LogP contribution is -2.06. The number of hydrogen-bond acceptors (Lipinski definition) is 3. The summed E-state index contributed by atoms with van der Waals surface area (Å²) in [5, 5.41) is 4.30. The van der Waals surface area contributed by atoms with Crippen molar-refractivity contribution in [3.63, 3.8) is 0 Å². The van der Waals surface area contributed by atoms with Gasteiger partial charge in [-0.1, -0.05) is 35.3 Å². The average Bonchev–Trinajstić information content (AvgIpc) is 2.49. The highest BCUT2D eigenvalue weighted by Gasteiger charge is 2.10. The molecule has 118 valence electrons. The van der Waals surface area contributed by atoms with Gasteiger partial charge in [-0.25, -0.2) is 0 Å². The lowest BCUT2D eigenvalue weighted by atomic mass is 10.2. The number of halogens is 2. The third-order valence-corrected chi connectivity index (χ3v) is 3.83. The Hall–Kier alpha value is -1.42. The van der Waals surface area contributed by atoms with Crippen LogP contribution in [0.1, 0.15) is 18.1 Å². The predicted octanol–water partition coefficient (Wildman–Crippen LogP) is 4.69. The second-order valence-corrected chi connectivity index (χ2v) is 5.55. The van der Waals surface area contributed by atoms with E-state index in [4.69, 9.17) is 32.7 Å². The summed E-state index contributed by atoms with van der Waals surface area (Å²) in [5.41, 5.74) is 1.90. The van der Waals surface area contributed by atoms with Gasteiger partial charge in [0.05, 0.1) is 6.61 Å². The minimum atomic E-state index is 0.296. The van der Waals surface area contributed by atoms with E-state index in [9.17, 15) is 0 Å². The molecule has 0 aliphatic rings. The number of ether oxygens (including phenoxy) is 2. The van der Waals surface area contributed by atoms with Crippen molar-refractivity contribution in [2.24, 2.45) is 0 Å². The van der Waals surface area contributed by atoms with E-state index in [1.165, 1.54) is 0 Å². The minimum Gasteiger partial charge on any atom is -0.490 e. The maximum absolute atomic E-state index is 6.16. The SMILES string of the molecule is CCOc1cc(CNC)ccc1OCc1c(Cl)cccc1Cl. The van der Waals surface area contributed by atoms with Gasteiger partial charge in [0.15, 0.2) is 11.5 Å². The molecule has 3 nitrogen and oxygen atoms in total. The fraction of sp³-hybridized carbons (Fsp3) is 0.294. The van der Waals surface area contributed by atoms with Crippen molar-refractivity contribution in [2.75, 3.05) is 13.7 Å². The van der Waals surface area contributed by atoms with E-state index in [1.54, 1.807) is 12.1 Å². The molecule has 0 aliphatic heterocycles. The van der Waals surface area contributed by atoms with Crippen LogP contribution in [-0.4, -0.2) is 13.7 Å². The van der Waals surface area contributed by atoms with Gasteiger partial charge in [0, 0.05) is 22.2 Å². The van der Waals surface area contributed by atoms with Crippen molar-refractivity contribution < 1.29 is 9.47 Å². The van der Waals surface area contributed by atoms with Gasteiger partial charge in [0.2, 0.25) is 0 Å². The van der Waals surface area contributed by atoms with E-state index >= 15 is 0 Å². The summed E-state index contributed by atoms with van der Waals surface area (Å²) in [4.78, 5) is 0. The highest BCUT2D eigenvalue weighted by Crippen LogP contribution is 2.31. The zero-order valence-electron chi connectivity index (χ0n) is 12.7. The first-order valence-corrected chi connectivity index (χ1v) is 7.87. The highest BCUT2D eigenvalue weighted by molar-refractivity contribution is 6.35. The Morgan fingerprint density at radius 1 is 1.00 bits per heavy atom. The Morgan fingerprint density at radius 2 is 1.73 bits per heavy atom. The van der Waals surface area contributed by atoms with E-state index in [0.717, 1.165) is 23.4 Å². The van der Waals surface area contributed by atoms with Crippen LogP contribution >= 0.6 is 23.2 Å². The van der Waals surface area contributed by atoms with Gasteiger partial charge >= 0.3 is 0 Å². The number of benzene rings is 2. The van der Waals surface area contributed by atoms with Gasteiger partial charge in [-0.2, -0.15) is 0 Å². The lowest BCUT2D eigenvalue weighted by molar-refractivity contribution is 0.269. The molecule has 0 aromatic heterocycles. The first-order chi connectivity index (χ1) is 10.7. The Kier molecular flexibility index (Phi) is 6.37. The molecular formula is C17H19Cl2NO2. The molecule has 0 amide bonds. The molecular weight excluding hydrogens is 321 g/mol. The van der Waals surface area contributed by atoms with Gasteiger partial charge in [-0.15, -0.1) is 0 Å². The molecule has 0 saturated carbocycles. The molecule has 1 N–H and O–H groups in total. The second kappa shape index (κ2) is 8.28. The molecule has 22 heavy (non-hydrogen) atoms. The standard InChI is InChI=1S/C17H19Cl2NO2/c1-3-21-17-9-12(10-20-2)7-8-16(17)22-11-13-14(18)5-4-6-15(13)19/h4-9,20H,3,10-11H2,1-2H3. The molecule has 2 rings (SSSR count). The van der Waals surface area contributed by atoms with Crippen LogP contribution < -0.4 is 14.8 Å². The predicted molar refractivity (Wildman–Crippen MR) is 91.2 cm³/mol. The fourth-order valence-electron chi connectivity index (χ4n) is 2.07. The first-order valence-electron chi connectivity index (χ1n) is 7.11. The average molecular weight is 340 g/mol. The van der Waals surface area contributed by atoms with Crippen LogP contribution in [0.2, 0.25) is 10.0 Å². The van der Waals surface area contributed by atoms with E-state index in [0.29, 0.717) is 29.0 Å². The summed E-state index contributed by atoms with van der Waals surface area (Å²) in [6, 6.07) is 11.3. The molecule has 0 aliphatic carbocycles. The summed E-state index contributed by atoms with van der Waals surface area (Å²) < 4.78 is 11.5. The van der Waals surface area contributed by atoms with Crippen LogP contribution in [0.15, 0.2) is 36.4 Å². The van der Waals surface area contributed by atoms with Crippen molar-refractivity contribution in [1.82, 2.24) is 5.32 Å². The summed E-state index contributed by atoms with van der Waals surface area (Å²) in [5.74, 6) is 1.40. The molecule has 0 radical (unpaired) electrons. The van der Waals surface area contributed by atoms with Gasteiger partial charge in [-0.05, 0) is 43.8 Å². The summed E-state index contributed by atoms with van der Waals surface area (Å²) in [6.45, 7) is 3.59. The first kappa shape index (κ1) is 16.9. The number of nitrogens with one attached hydrogen (secondary N) is 1. The highest BCUT2D eigenvalue weighted by atomic mass is 35.5. The molecule has 5 heteroatoms. The van der Waals surface area contributed by atoms with Crippen LogP contribution in [0, 0.1) is 0 Å². The molecule has 0 atom stereocenters. The molecule has 0 heterocycles. The molecule has 0 saturated heterocycles. The molecule has 0 spiro atoms. The lowest BCUT2D eigenvalue weighted by Gasteiger charge is -2.14. The Morgan fingerprint density at radius 3 is 2.36 bits per heavy atom. The Balaban J connectivity index is 2.18. The van der Waals surface area contributed by atoms with Crippen LogP contribution in [0.5, 0.6) is 11.5 Å². The summed E-state index contributed by atoms with van der Waals surface area (Å²) in [6.07, 6.45) is 0. The van der Waals surface area contributed by atoms with Gasteiger partial charge in [-0.3, -0.25) is 0 Å². The quantitative estimate of drug-likeness (QED) is 0.793. The van der Waals surface area contributed by atoms with E-state index in [1.807, 2.05) is 38.2 Å². The Labute approximate surface area is 141 Å².